The van der Waals surface area contributed by atoms with Crippen LogP contribution in [-0.4, -0.2) is 76.8 Å². The summed E-state index contributed by atoms with van der Waals surface area (Å²) in [5.74, 6) is -0.160. The van der Waals surface area contributed by atoms with Crippen molar-refractivity contribution in [2.75, 3.05) is 39.9 Å². The number of hydrogen-bond donors (Lipinski definition) is 1. The number of aromatic nitrogens is 2. The number of imidazole rings is 1. The van der Waals surface area contributed by atoms with Crippen LogP contribution in [0.2, 0.25) is 5.02 Å². The van der Waals surface area contributed by atoms with Gasteiger partial charge >= 0.3 is 6.09 Å². The molecule has 44 heavy (non-hydrogen) atoms. The molecule has 1 saturated carbocycles. The van der Waals surface area contributed by atoms with Crippen molar-refractivity contribution in [3.8, 4) is 0 Å². The smallest absolute Gasteiger partial charge is 0.409 e. The summed E-state index contributed by atoms with van der Waals surface area (Å²) in [5.41, 5.74) is 3.85. The molecule has 4 rings (SSSR count). The van der Waals surface area contributed by atoms with E-state index in [4.69, 9.17) is 21.1 Å². The van der Waals surface area contributed by atoms with Crippen LogP contribution in [0.1, 0.15) is 82.8 Å². The standard InChI is InChI=1S/C34H48ClN5O4/c1-9-23(2)18-28(39-14-16-40(17-15-39)32(42)44-21-33(4,5)6)26-11-10-25(35)19-27(26)24(3)30(29-20-36-22-38(29)7)37-31(41)34(43-8)12-13-34/h9-11,19-20,22,28,30H,3,12-18,21H2,1-2,4-8H3,(H,37,41)/b23-9-. The van der Waals surface area contributed by atoms with Crippen molar-refractivity contribution in [1.82, 2.24) is 24.7 Å². The van der Waals surface area contributed by atoms with Gasteiger partial charge in [-0.15, -0.1) is 0 Å². The van der Waals surface area contributed by atoms with Crippen LogP contribution in [0.4, 0.5) is 4.79 Å². The number of ether oxygens (including phenoxy) is 2. The predicted octanol–water partition coefficient (Wildman–Crippen LogP) is 6.32. The van der Waals surface area contributed by atoms with Gasteiger partial charge < -0.3 is 24.3 Å². The van der Waals surface area contributed by atoms with Gasteiger partial charge in [-0.1, -0.05) is 56.7 Å². The number of nitrogens with zero attached hydrogens (tertiary/aromatic N) is 4. The van der Waals surface area contributed by atoms with E-state index < -0.39 is 11.6 Å². The molecule has 1 aliphatic carbocycles. The lowest BCUT2D eigenvalue weighted by Gasteiger charge is -2.40. The summed E-state index contributed by atoms with van der Waals surface area (Å²) in [7, 11) is 3.48. The second-order valence-corrected chi connectivity index (χ2v) is 13.7. The number of piperazine rings is 1. The van der Waals surface area contributed by atoms with E-state index in [1.165, 1.54) is 5.57 Å². The van der Waals surface area contributed by atoms with E-state index in [1.54, 1.807) is 24.5 Å². The van der Waals surface area contributed by atoms with Gasteiger partial charge in [-0.05, 0) is 67.4 Å². The molecule has 2 fully saturated rings. The maximum atomic E-state index is 13.4. The molecule has 9 nitrogen and oxygen atoms in total. The zero-order chi connectivity index (χ0) is 32.2. The van der Waals surface area contributed by atoms with Crippen molar-refractivity contribution < 1.29 is 19.1 Å². The Morgan fingerprint density at radius 1 is 1.20 bits per heavy atom. The Labute approximate surface area is 267 Å². The average molecular weight is 626 g/mol. The number of hydrogen-bond acceptors (Lipinski definition) is 6. The molecule has 2 atom stereocenters. The normalized spacial score (nSPS) is 18.5. The number of carbonyl (C=O) groups excluding carboxylic acids is 2. The molecule has 1 aliphatic heterocycles. The minimum absolute atomic E-state index is 0.000370. The van der Waals surface area contributed by atoms with Gasteiger partial charge in [0.2, 0.25) is 0 Å². The number of nitrogens with one attached hydrogen (secondary N) is 1. The van der Waals surface area contributed by atoms with Crippen LogP contribution in [0, 0.1) is 5.41 Å². The third-order valence-electron chi connectivity index (χ3n) is 8.65. The van der Waals surface area contributed by atoms with Gasteiger partial charge in [0.15, 0.2) is 0 Å². The molecule has 1 saturated heterocycles. The van der Waals surface area contributed by atoms with Gasteiger partial charge in [0.05, 0.1) is 30.9 Å². The van der Waals surface area contributed by atoms with Crippen LogP contribution in [-0.2, 0) is 21.3 Å². The number of methoxy groups -OCH3 is 1. The largest absolute Gasteiger partial charge is 0.449 e. The molecule has 2 unspecified atom stereocenters. The average Bonchev–Trinajstić information content (AvgIpc) is 3.70. The lowest BCUT2D eigenvalue weighted by Crippen LogP contribution is -2.50. The molecule has 2 amide bonds. The van der Waals surface area contributed by atoms with E-state index in [-0.39, 0.29) is 23.5 Å². The van der Waals surface area contributed by atoms with Crippen LogP contribution in [0.15, 0.2) is 49.0 Å². The molecule has 0 bridgehead atoms. The van der Waals surface area contributed by atoms with E-state index in [2.05, 4.69) is 68.5 Å². The lowest BCUT2D eigenvalue weighted by molar-refractivity contribution is -0.134. The van der Waals surface area contributed by atoms with E-state index >= 15 is 0 Å². The van der Waals surface area contributed by atoms with Crippen molar-refractivity contribution in [2.45, 2.75) is 71.6 Å². The molecule has 240 valence electrons. The zero-order valence-electron chi connectivity index (χ0n) is 27.3. The molecule has 1 aromatic carbocycles. The molecular weight excluding hydrogens is 578 g/mol. The van der Waals surface area contributed by atoms with Crippen LogP contribution in [0.5, 0.6) is 0 Å². The van der Waals surface area contributed by atoms with E-state index in [0.29, 0.717) is 50.7 Å². The van der Waals surface area contributed by atoms with Crippen molar-refractivity contribution in [1.29, 1.82) is 0 Å². The molecular formula is C34H48ClN5O4. The van der Waals surface area contributed by atoms with Crippen molar-refractivity contribution in [3.63, 3.8) is 0 Å². The second-order valence-electron chi connectivity index (χ2n) is 13.3. The van der Waals surface area contributed by atoms with Crippen molar-refractivity contribution in [3.05, 3.63) is 70.8 Å². The van der Waals surface area contributed by atoms with Gasteiger partial charge in [-0.3, -0.25) is 9.69 Å². The summed E-state index contributed by atoms with van der Waals surface area (Å²) in [6.45, 7) is 17.8. The molecule has 2 aromatic rings. The maximum Gasteiger partial charge on any atom is 0.409 e. The van der Waals surface area contributed by atoms with Gasteiger partial charge in [0.1, 0.15) is 5.60 Å². The number of halogens is 1. The summed E-state index contributed by atoms with van der Waals surface area (Å²) in [6.07, 6.45) is 7.50. The fourth-order valence-electron chi connectivity index (χ4n) is 5.58. The summed E-state index contributed by atoms with van der Waals surface area (Å²) in [5, 5.41) is 3.81. The van der Waals surface area contributed by atoms with Crippen LogP contribution in [0.25, 0.3) is 5.57 Å². The number of rotatable bonds is 11. The fourth-order valence-corrected chi connectivity index (χ4v) is 5.75. The highest BCUT2D eigenvalue weighted by molar-refractivity contribution is 6.30. The highest BCUT2D eigenvalue weighted by Crippen LogP contribution is 2.42. The Morgan fingerprint density at radius 2 is 1.89 bits per heavy atom. The first-order valence-corrected chi connectivity index (χ1v) is 15.7. The van der Waals surface area contributed by atoms with Gasteiger partial charge in [0.25, 0.3) is 5.91 Å². The first kappa shape index (κ1) is 33.7. The van der Waals surface area contributed by atoms with Crippen molar-refractivity contribution in [2.24, 2.45) is 12.5 Å². The minimum Gasteiger partial charge on any atom is -0.449 e. The Hall–Kier alpha value is -3.14. The predicted molar refractivity (Wildman–Crippen MR) is 174 cm³/mol. The number of amides is 2. The molecule has 2 aliphatic rings. The first-order valence-electron chi connectivity index (χ1n) is 15.4. The Morgan fingerprint density at radius 3 is 2.43 bits per heavy atom. The second kappa shape index (κ2) is 13.9. The van der Waals surface area contributed by atoms with Gasteiger partial charge in [-0.2, -0.15) is 0 Å². The quantitative estimate of drug-likeness (QED) is 0.294. The first-order chi connectivity index (χ1) is 20.8. The Kier molecular flexibility index (Phi) is 10.6. The molecule has 1 aromatic heterocycles. The van der Waals surface area contributed by atoms with Crippen LogP contribution in [0.3, 0.4) is 0 Å². The molecule has 0 radical (unpaired) electrons. The summed E-state index contributed by atoms with van der Waals surface area (Å²) < 4.78 is 13.1. The molecule has 0 spiro atoms. The SMILES string of the molecule is C=C(c1cc(Cl)ccc1C(C/C(C)=C\C)N1CCN(C(=O)OCC(C)(C)C)CC1)C(NC(=O)C1(OC)CC1)c1cncn1C. The zero-order valence-corrected chi connectivity index (χ0v) is 28.0. The lowest BCUT2D eigenvalue weighted by atomic mass is 9.87. The van der Waals surface area contributed by atoms with Crippen molar-refractivity contribution >= 4 is 29.2 Å². The Balaban J connectivity index is 1.65. The van der Waals surface area contributed by atoms with E-state index in [9.17, 15) is 9.59 Å². The Bertz CT molecular complexity index is 1380. The van der Waals surface area contributed by atoms with Crippen LogP contribution < -0.4 is 5.32 Å². The van der Waals surface area contributed by atoms with Gasteiger partial charge in [-0.25, -0.2) is 9.78 Å². The topological polar surface area (TPSA) is 88.9 Å². The number of carbonyl (C=O) groups is 2. The fraction of sp³-hybridized carbons (Fsp3) is 0.559. The number of allylic oxidation sites excluding steroid dienone is 1. The van der Waals surface area contributed by atoms with E-state index in [0.717, 1.165) is 28.8 Å². The molecule has 10 heteroatoms. The third kappa shape index (κ3) is 7.92. The molecule has 2 heterocycles. The van der Waals surface area contributed by atoms with Gasteiger partial charge in [0, 0.05) is 51.4 Å². The summed E-state index contributed by atoms with van der Waals surface area (Å²) in [4.78, 5) is 34.8. The summed E-state index contributed by atoms with van der Waals surface area (Å²) in [6, 6.07) is 5.38. The monoisotopic (exact) mass is 625 g/mol. The third-order valence-corrected chi connectivity index (χ3v) is 8.89. The minimum atomic E-state index is -0.798. The van der Waals surface area contributed by atoms with Crippen LogP contribution >= 0.6 is 11.6 Å². The highest BCUT2D eigenvalue weighted by Gasteiger charge is 2.51. The number of benzene rings is 1. The van der Waals surface area contributed by atoms with E-state index in [1.807, 2.05) is 23.7 Å². The molecule has 1 N–H and O–H groups in total. The number of aryl methyl sites for hydroxylation is 1. The summed E-state index contributed by atoms with van der Waals surface area (Å²) >= 11 is 6.62. The highest BCUT2D eigenvalue weighted by atomic mass is 35.5. The maximum absolute atomic E-state index is 13.4.